The molecule has 0 spiro atoms. The minimum atomic E-state index is -0.662. The molecule has 0 aromatic rings. The molecule has 0 rings (SSSR count). The van der Waals surface area contributed by atoms with E-state index in [0.29, 0.717) is 25.9 Å². The predicted octanol–water partition coefficient (Wildman–Crippen LogP) is 22.1. The van der Waals surface area contributed by atoms with Crippen molar-refractivity contribution in [1.82, 2.24) is 5.32 Å². The van der Waals surface area contributed by atoms with Crippen molar-refractivity contribution < 1.29 is 24.5 Å². The number of aliphatic hydroxyl groups is 2. The van der Waals surface area contributed by atoms with Crippen LogP contribution in [0.25, 0.3) is 0 Å². The lowest BCUT2D eigenvalue weighted by atomic mass is 10.0. The minimum absolute atomic E-state index is 0.00887. The molecule has 6 heteroatoms. The van der Waals surface area contributed by atoms with E-state index in [1.807, 2.05) is 0 Å². The molecule has 3 N–H and O–H groups in total. The smallest absolute Gasteiger partial charge is 0.305 e. The Morgan fingerprint density at radius 1 is 0.355 bits per heavy atom. The van der Waals surface area contributed by atoms with Crippen molar-refractivity contribution >= 4 is 11.9 Å². The lowest BCUT2D eigenvalue weighted by molar-refractivity contribution is -0.143. The van der Waals surface area contributed by atoms with E-state index in [9.17, 15) is 19.8 Å². The molecule has 2 atom stereocenters. The number of carbonyl (C=O) groups is 2. The number of nitrogens with one attached hydrogen (secondary N) is 1. The molecule has 0 fully saturated rings. The van der Waals surface area contributed by atoms with Gasteiger partial charge in [-0.3, -0.25) is 9.59 Å². The molecule has 0 heterocycles. The molecule has 0 radical (unpaired) electrons. The zero-order chi connectivity index (χ0) is 55.0. The highest BCUT2D eigenvalue weighted by molar-refractivity contribution is 5.76. The maximum Gasteiger partial charge on any atom is 0.305 e. The molecule has 1 amide bonds. The van der Waals surface area contributed by atoms with Gasteiger partial charge >= 0.3 is 5.97 Å². The Bertz CT molecular complexity index is 1190. The normalized spacial score (nSPS) is 12.6. The molecule has 0 aromatic carbocycles. The molecular formula is C70H135NO5. The van der Waals surface area contributed by atoms with Crippen LogP contribution in [0.5, 0.6) is 0 Å². The number of rotatable bonds is 65. The highest BCUT2D eigenvalue weighted by Gasteiger charge is 2.20. The fourth-order valence-electron chi connectivity index (χ4n) is 10.9. The van der Waals surface area contributed by atoms with Crippen LogP contribution in [0.2, 0.25) is 0 Å². The molecule has 450 valence electrons. The van der Waals surface area contributed by atoms with E-state index in [0.717, 1.165) is 44.9 Å². The largest absolute Gasteiger partial charge is 0.466 e. The molecule has 0 saturated heterocycles. The van der Waals surface area contributed by atoms with Crippen LogP contribution in [0.3, 0.4) is 0 Å². The summed E-state index contributed by atoms with van der Waals surface area (Å²) in [5.41, 5.74) is 0. The summed E-state index contributed by atoms with van der Waals surface area (Å²) in [6.07, 6.45) is 82.3. The third kappa shape index (κ3) is 61.6. The first-order valence-electron chi connectivity index (χ1n) is 34.6. The third-order valence-corrected chi connectivity index (χ3v) is 16.2. The van der Waals surface area contributed by atoms with Crippen molar-refractivity contribution in [3.05, 3.63) is 24.3 Å². The summed E-state index contributed by atoms with van der Waals surface area (Å²) in [7, 11) is 0. The number of ether oxygens (including phenoxy) is 1. The second-order valence-corrected chi connectivity index (χ2v) is 23.9. The Hall–Kier alpha value is -1.66. The monoisotopic (exact) mass is 1070 g/mol. The van der Waals surface area contributed by atoms with E-state index >= 15 is 0 Å². The van der Waals surface area contributed by atoms with Gasteiger partial charge in [0.1, 0.15) is 0 Å². The average molecular weight is 1070 g/mol. The van der Waals surface area contributed by atoms with Crippen LogP contribution in [-0.2, 0) is 14.3 Å². The number of carbonyl (C=O) groups excluding carboxylic acids is 2. The number of allylic oxidation sites excluding steroid dienone is 4. The van der Waals surface area contributed by atoms with Gasteiger partial charge in [0.15, 0.2) is 0 Å². The number of esters is 1. The molecule has 0 aliphatic heterocycles. The Morgan fingerprint density at radius 2 is 0.618 bits per heavy atom. The highest BCUT2D eigenvalue weighted by Crippen LogP contribution is 2.18. The van der Waals surface area contributed by atoms with Gasteiger partial charge < -0.3 is 20.3 Å². The molecule has 0 saturated carbocycles. The lowest BCUT2D eigenvalue weighted by Crippen LogP contribution is -2.45. The van der Waals surface area contributed by atoms with Crippen LogP contribution in [0.4, 0.5) is 0 Å². The Labute approximate surface area is 475 Å². The lowest BCUT2D eigenvalue weighted by Gasteiger charge is -2.22. The SMILES string of the molecule is CCCCCC/C=C\CCCCCCCC(=O)OCCCCCCCCCCCCCC/C=C\CCCCCCCCCCCCCCCCCC(=O)NC(CO)C(O)CCCCCCCCCCCCCCCCC. The van der Waals surface area contributed by atoms with Gasteiger partial charge in [-0.15, -0.1) is 0 Å². The van der Waals surface area contributed by atoms with Gasteiger partial charge in [-0.05, 0) is 77.0 Å². The quantitative estimate of drug-likeness (QED) is 0.0320. The summed E-state index contributed by atoms with van der Waals surface area (Å²) in [5.74, 6) is -0.0212. The van der Waals surface area contributed by atoms with Crippen LogP contribution in [0.1, 0.15) is 386 Å². The summed E-state index contributed by atoms with van der Waals surface area (Å²) in [6.45, 7) is 4.96. The predicted molar refractivity (Wildman–Crippen MR) is 333 cm³/mol. The number of hydrogen-bond acceptors (Lipinski definition) is 5. The number of amides is 1. The van der Waals surface area contributed by atoms with Crippen molar-refractivity contribution in [3.8, 4) is 0 Å². The van der Waals surface area contributed by atoms with E-state index in [4.69, 9.17) is 4.74 Å². The molecule has 0 aliphatic rings. The van der Waals surface area contributed by atoms with E-state index < -0.39 is 12.1 Å². The Kier molecular flexibility index (Phi) is 64.4. The number of unbranched alkanes of at least 4 members (excludes halogenated alkanes) is 50. The highest BCUT2D eigenvalue weighted by atomic mass is 16.5. The number of aliphatic hydroxyl groups excluding tert-OH is 2. The van der Waals surface area contributed by atoms with Gasteiger partial charge in [-0.1, -0.05) is 321 Å². The second-order valence-electron chi connectivity index (χ2n) is 23.9. The summed E-state index contributed by atoms with van der Waals surface area (Å²) >= 11 is 0. The summed E-state index contributed by atoms with van der Waals surface area (Å²) < 4.78 is 5.48. The van der Waals surface area contributed by atoms with Gasteiger partial charge in [0.2, 0.25) is 5.91 Å². The van der Waals surface area contributed by atoms with Crippen LogP contribution >= 0.6 is 0 Å². The minimum Gasteiger partial charge on any atom is -0.466 e. The van der Waals surface area contributed by atoms with Crippen molar-refractivity contribution in [2.45, 2.75) is 398 Å². The van der Waals surface area contributed by atoms with Gasteiger partial charge in [0.05, 0.1) is 25.4 Å². The molecule has 2 unspecified atom stereocenters. The maximum atomic E-state index is 12.5. The number of hydrogen-bond donors (Lipinski definition) is 3. The second kappa shape index (κ2) is 65.9. The van der Waals surface area contributed by atoms with Crippen molar-refractivity contribution in [2.24, 2.45) is 0 Å². The first-order valence-corrected chi connectivity index (χ1v) is 34.6. The molecule has 0 aromatic heterocycles. The third-order valence-electron chi connectivity index (χ3n) is 16.2. The van der Waals surface area contributed by atoms with Crippen molar-refractivity contribution in [3.63, 3.8) is 0 Å². The molecule has 0 aliphatic carbocycles. The van der Waals surface area contributed by atoms with Gasteiger partial charge in [-0.25, -0.2) is 0 Å². The maximum absolute atomic E-state index is 12.5. The fourth-order valence-corrected chi connectivity index (χ4v) is 10.9. The van der Waals surface area contributed by atoms with Gasteiger partial charge in [0, 0.05) is 12.8 Å². The van der Waals surface area contributed by atoms with E-state index in [1.165, 1.54) is 308 Å². The molecular weight excluding hydrogens is 935 g/mol. The average Bonchev–Trinajstić information content (AvgIpc) is 3.42. The van der Waals surface area contributed by atoms with Crippen LogP contribution in [0.15, 0.2) is 24.3 Å². The Morgan fingerprint density at radius 3 is 0.947 bits per heavy atom. The summed E-state index contributed by atoms with van der Waals surface area (Å²) in [4.78, 5) is 24.5. The summed E-state index contributed by atoms with van der Waals surface area (Å²) in [5, 5.41) is 23.3. The van der Waals surface area contributed by atoms with Gasteiger partial charge in [0.25, 0.3) is 0 Å². The van der Waals surface area contributed by atoms with Crippen LogP contribution < -0.4 is 5.32 Å². The topological polar surface area (TPSA) is 95.9 Å². The molecule has 76 heavy (non-hydrogen) atoms. The molecule has 6 nitrogen and oxygen atoms in total. The molecule has 0 bridgehead atoms. The van der Waals surface area contributed by atoms with E-state index in [1.54, 1.807) is 0 Å². The zero-order valence-corrected chi connectivity index (χ0v) is 51.5. The van der Waals surface area contributed by atoms with Crippen LogP contribution in [0, 0.1) is 0 Å². The van der Waals surface area contributed by atoms with E-state index in [2.05, 4.69) is 43.5 Å². The van der Waals surface area contributed by atoms with Crippen LogP contribution in [-0.4, -0.2) is 47.4 Å². The Balaban J connectivity index is 3.35. The summed E-state index contributed by atoms with van der Waals surface area (Å²) in [6, 6.07) is -0.539. The van der Waals surface area contributed by atoms with Crippen molar-refractivity contribution in [2.75, 3.05) is 13.2 Å². The van der Waals surface area contributed by atoms with Crippen molar-refractivity contribution in [1.29, 1.82) is 0 Å². The van der Waals surface area contributed by atoms with Gasteiger partial charge in [-0.2, -0.15) is 0 Å². The first-order chi connectivity index (χ1) is 37.5. The fraction of sp³-hybridized carbons (Fsp3) is 0.914. The first kappa shape index (κ1) is 74.3. The standard InChI is InChI=1S/C70H135NO5/c1-3-5-7-9-11-13-15-17-35-39-42-46-50-54-58-62-68(73)67(66-72)71-69(74)63-59-55-51-47-43-40-36-33-31-29-27-25-23-21-19-18-20-22-24-26-28-30-32-34-37-41-45-49-53-57-61-65-76-70(75)64-60-56-52-48-44-38-16-14-12-10-8-6-4-2/h14,16,20,22,67-68,72-73H,3-13,15,17-19,21,23-66H2,1-2H3,(H,71,74)/b16-14-,22-20-. The zero-order valence-electron chi connectivity index (χ0n) is 51.5. The van der Waals surface area contributed by atoms with E-state index in [-0.39, 0.29) is 18.5 Å².